The topological polar surface area (TPSA) is 61.9 Å². The van der Waals surface area contributed by atoms with Gasteiger partial charge in [-0.25, -0.2) is 9.59 Å². The van der Waals surface area contributed by atoms with Crippen LogP contribution < -0.4 is 5.32 Å². The van der Waals surface area contributed by atoms with Crippen LogP contribution >= 0.6 is 0 Å². The monoisotopic (exact) mass is 229 g/mol. The van der Waals surface area contributed by atoms with Crippen LogP contribution in [0.2, 0.25) is 0 Å². The van der Waals surface area contributed by atoms with Crippen molar-refractivity contribution in [3.8, 4) is 0 Å². The second-order valence-corrected chi connectivity index (χ2v) is 4.05. The summed E-state index contributed by atoms with van der Waals surface area (Å²) in [6, 6.07) is 0.0608. The Bertz CT molecular complexity index is 260. The number of amides is 3. The lowest BCUT2D eigenvalue weighted by molar-refractivity contribution is 0.0967. The average Bonchev–Trinajstić information content (AvgIpc) is 2.27. The first kappa shape index (κ1) is 12.6. The Morgan fingerprint density at radius 2 is 1.62 bits per heavy atom. The summed E-state index contributed by atoms with van der Waals surface area (Å²) < 4.78 is 4.62. The van der Waals surface area contributed by atoms with Crippen molar-refractivity contribution in [2.75, 3.05) is 33.3 Å². The summed E-state index contributed by atoms with van der Waals surface area (Å²) in [7, 11) is 1.36. The van der Waals surface area contributed by atoms with Crippen LogP contribution in [-0.4, -0.2) is 61.3 Å². The van der Waals surface area contributed by atoms with E-state index in [2.05, 4.69) is 10.1 Å². The Morgan fingerprint density at radius 1 is 1.12 bits per heavy atom. The highest BCUT2D eigenvalue weighted by Crippen LogP contribution is 2.03. The molecule has 16 heavy (non-hydrogen) atoms. The molecule has 0 aromatic carbocycles. The molecule has 0 saturated carbocycles. The van der Waals surface area contributed by atoms with E-state index in [0.29, 0.717) is 26.2 Å². The highest BCUT2D eigenvalue weighted by Gasteiger charge is 2.24. The smallest absolute Gasteiger partial charge is 0.409 e. The summed E-state index contributed by atoms with van der Waals surface area (Å²) in [6.45, 7) is 5.99. The summed E-state index contributed by atoms with van der Waals surface area (Å²) in [5, 5.41) is 2.82. The Hall–Kier alpha value is -1.46. The molecule has 3 amide bonds. The number of nitrogens with zero attached hydrogens (tertiary/aromatic N) is 2. The molecule has 1 rings (SSSR count). The van der Waals surface area contributed by atoms with Crippen LogP contribution in [0.1, 0.15) is 13.8 Å². The lowest BCUT2D eigenvalue weighted by atomic mass is 10.3. The lowest BCUT2D eigenvalue weighted by Crippen LogP contribution is -2.54. The third-order valence-corrected chi connectivity index (χ3v) is 2.41. The van der Waals surface area contributed by atoms with Crippen molar-refractivity contribution < 1.29 is 14.3 Å². The highest BCUT2D eigenvalue weighted by atomic mass is 16.5. The maximum Gasteiger partial charge on any atom is 0.409 e. The van der Waals surface area contributed by atoms with E-state index in [-0.39, 0.29) is 18.2 Å². The van der Waals surface area contributed by atoms with Gasteiger partial charge in [0.15, 0.2) is 0 Å². The molecular weight excluding hydrogens is 210 g/mol. The number of hydrogen-bond donors (Lipinski definition) is 1. The molecule has 1 aliphatic rings. The zero-order valence-electron chi connectivity index (χ0n) is 10.0. The van der Waals surface area contributed by atoms with Crippen LogP contribution in [0.3, 0.4) is 0 Å². The van der Waals surface area contributed by atoms with Crippen molar-refractivity contribution in [3.05, 3.63) is 0 Å². The molecule has 6 heteroatoms. The van der Waals surface area contributed by atoms with Crippen molar-refractivity contribution in [3.63, 3.8) is 0 Å². The molecule has 0 radical (unpaired) electrons. The second kappa shape index (κ2) is 5.58. The van der Waals surface area contributed by atoms with Crippen LogP contribution in [0.5, 0.6) is 0 Å². The van der Waals surface area contributed by atoms with Crippen LogP contribution in [-0.2, 0) is 4.74 Å². The number of hydrogen-bond acceptors (Lipinski definition) is 3. The van der Waals surface area contributed by atoms with Gasteiger partial charge in [-0.05, 0) is 13.8 Å². The van der Waals surface area contributed by atoms with E-state index >= 15 is 0 Å². The Morgan fingerprint density at radius 3 is 2.06 bits per heavy atom. The molecule has 1 aliphatic heterocycles. The highest BCUT2D eigenvalue weighted by molar-refractivity contribution is 5.75. The molecule has 0 atom stereocenters. The Balaban J connectivity index is 2.37. The summed E-state index contributed by atoms with van der Waals surface area (Å²) in [5.74, 6) is 0. The number of carbonyl (C=O) groups is 2. The number of ether oxygens (including phenoxy) is 1. The van der Waals surface area contributed by atoms with E-state index in [1.807, 2.05) is 13.8 Å². The fourth-order valence-corrected chi connectivity index (χ4v) is 1.56. The number of rotatable bonds is 1. The van der Waals surface area contributed by atoms with E-state index in [4.69, 9.17) is 0 Å². The van der Waals surface area contributed by atoms with E-state index in [0.717, 1.165) is 0 Å². The van der Waals surface area contributed by atoms with Crippen LogP contribution in [0.25, 0.3) is 0 Å². The van der Waals surface area contributed by atoms with Gasteiger partial charge in [-0.2, -0.15) is 0 Å². The zero-order valence-corrected chi connectivity index (χ0v) is 10.0. The molecule has 0 aliphatic carbocycles. The third-order valence-electron chi connectivity index (χ3n) is 2.41. The molecule has 1 N–H and O–H groups in total. The van der Waals surface area contributed by atoms with Gasteiger partial charge in [0.25, 0.3) is 0 Å². The average molecular weight is 229 g/mol. The molecule has 6 nitrogen and oxygen atoms in total. The van der Waals surface area contributed by atoms with Crippen LogP contribution in [0.4, 0.5) is 9.59 Å². The summed E-state index contributed by atoms with van der Waals surface area (Å²) in [6.07, 6.45) is -0.330. The standard InChI is InChI=1S/C10H19N3O3/c1-8(2)11-9(14)12-4-6-13(7-5-12)10(15)16-3/h8H,4-7H2,1-3H3,(H,11,14). The fourth-order valence-electron chi connectivity index (χ4n) is 1.56. The number of nitrogens with one attached hydrogen (secondary N) is 1. The van der Waals surface area contributed by atoms with Gasteiger partial charge >= 0.3 is 12.1 Å². The largest absolute Gasteiger partial charge is 0.453 e. The van der Waals surface area contributed by atoms with E-state index < -0.39 is 0 Å². The van der Waals surface area contributed by atoms with E-state index in [1.54, 1.807) is 9.80 Å². The van der Waals surface area contributed by atoms with Gasteiger partial charge in [-0.15, -0.1) is 0 Å². The quantitative estimate of drug-likeness (QED) is 0.711. The van der Waals surface area contributed by atoms with Gasteiger partial charge in [0.2, 0.25) is 0 Å². The predicted octanol–water partition coefficient (Wildman–Crippen LogP) is 0.488. The zero-order chi connectivity index (χ0) is 12.1. The fraction of sp³-hybridized carbons (Fsp3) is 0.800. The Labute approximate surface area is 95.5 Å². The van der Waals surface area contributed by atoms with Crippen LogP contribution in [0, 0.1) is 0 Å². The number of methoxy groups -OCH3 is 1. The van der Waals surface area contributed by atoms with Gasteiger partial charge in [0, 0.05) is 32.2 Å². The molecule has 0 unspecified atom stereocenters. The number of piperazine rings is 1. The SMILES string of the molecule is COC(=O)N1CCN(C(=O)NC(C)C)CC1. The van der Waals surface area contributed by atoms with Gasteiger partial charge in [-0.3, -0.25) is 0 Å². The molecule has 1 fully saturated rings. The predicted molar refractivity (Wildman–Crippen MR) is 59.2 cm³/mol. The number of urea groups is 1. The van der Waals surface area contributed by atoms with E-state index in [9.17, 15) is 9.59 Å². The minimum atomic E-state index is -0.330. The molecule has 0 aromatic heterocycles. The van der Waals surface area contributed by atoms with Crippen molar-refractivity contribution >= 4 is 12.1 Å². The molecule has 0 aromatic rings. The van der Waals surface area contributed by atoms with Crippen molar-refractivity contribution in [1.82, 2.24) is 15.1 Å². The molecule has 1 saturated heterocycles. The Kier molecular flexibility index (Phi) is 4.39. The maximum absolute atomic E-state index is 11.6. The number of carbonyl (C=O) groups excluding carboxylic acids is 2. The first-order chi connectivity index (χ1) is 7.54. The summed E-state index contributed by atoms with van der Waals surface area (Å²) >= 11 is 0. The maximum atomic E-state index is 11.6. The van der Waals surface area contributed by atoms with Gasteiger partial charge in [-0.1, -0.05) is 0 Å². The summed E-state index contributed by atoms with van der Waals surface area (Å²) in [5.41, 5.74) is 0. The lowest BCUT2D eigenvalue weighted by Gasteiger charge is -2.34. The molecular formula is C10H19N3O3. The second-order valence-electron chi connectivity index (χ2n) is 4.05. The van der Waals surface area contributed by atoms with Gasteiger partial charge in [0.1, 0.15) is 0 Å². The minimum absolute atomic E-state index is 0.0699. The van der Waals surface area contributed by atoms with Crippen molar-refractivity contribution in [1.29, 1.82) is 0 Å². The minimum Gasteiger partial charge on any atom is -0.453 e. The first-order valence-corrected chi connectivity index (χ1v) is 5.43. The molecule has 92 valence electrons. The van der Waals surface area contributed by atoms with Crippen molar-refractivity contribution in [2.45, 2.75) is 19.9 Å². The van der Waals surface area contributed by atoms with Gasteiger partial charge in [0.05, 0.1) is 7.11 Å². The first-order valence-electron chi connectivity index (χ1n) is 5.43. The normalized spacial score (nSPS) is 16.2. The van der Waals surface area contributed by atoms with Gasteiger partial charge < -0.3 is 19.9 Å². The molecule has 0 spiro atoms. The van der Waals surface area contributed by atoms with Crippen molar-refractivity contribution in [2.24, 2.45) is 0 Å². The van der Waals surface area contributed by atoms with E-state index in [1.165, 1.54) is 7.11 Å². The molecule has 0 bridgehead atoms. The van der Waals surface area contributed by atoms with Crippen LogP contribution in [0.15, 0.2) is 0 Å². The summed E-state index contributed by atoms with van der Waals surface area (Å²) in [4.78, 5) is 26.1. The third kappa shape index (κ3) is 3.29. The molecule has 1 heterocycles.